The average molecular weight is 463 g/mol. The molecule has 2 aromatic rings. The van der Waals surface area contributed by atoms with Crippen LogP contribution in [0.1, 0.15) is 45.4 Å². The summed E-state index contributed by atoms with van der Waals surface area (Å²) in [4.78, 5) is 3.10. The van der Waals surface area contributed by atoms with Gasteiger partial charge in [0.1, 0.15) is 10.4 Å². The summed E-state index contributed by atoms with van der Waals surface area (Å²) in [5.74, 6) is 0. The van der Waals surface area contributed by atoms with Crippen LogP contribution in [0.2, 0.25) is 6.04 Å². The van der Waals surface area contributed by atoms with E-state index in [4.69, 9.17) is 0 Å². The van der Waals surface area contributed by atoms with Crippen molar-refractivity contribution in [1.29, 1.82) is 0 Å². The van der Waals surface area contributed by atoms with E-state index in [0.717, 1.165) is 0 Å². The van der Waals surface area contributed by atoms with Crippen molar-refractivity contribution in [1.82, 2.24) is 0 Å². The van der Waals surface area contributed by atoms with Gasteiger partial charge in [-0.15, -0.1) is 22.7 Å². The third-order valence-electron chi connectivity index (χ3n) is 4.04. The summed E-state index contributed by atoms with van der Waals surface area (Å²) in [6.07, 6.45) is 8.40. The minimum atomic E-state index is -0.516. The van der Waals surface area contributed by atoms with E-state index in [9.17, 15) is 0 Å². The molecule has 0 saturated heterocycles. The van der Waals surface area contributed by atoms with E-state index in [0.29, 0.717) is 0 Å². The molecule has 21 heavy (non-hydrogen) atoms. The Morgan fingerprint density at radius 3 is 1.95 bits per heavy atom. The van der Waals surface area contributed by atoms with Crippen LogP contribution in [0.5, 0.6) is 0 Å². The molecular weight excluding hydrogens is 444 g/mol. The van der Waals surface area contributed by atoms with Crippen LogP contribution < -0.4 is 10.4 Å². The number of thiophene rings is 2. The smallest absolute Gasteiger partial charge is 0.124 e. The molecule has 0 N–H and O–H groups in total. The number of rotatable bonds is 7. The fourth-order valence-electron chi connectivity index (χ4n) is 3.00. The summed E-state index contributed by atoms with van der Waals surface area (Å²) in [6.45, 7) is 2.29. The molecule has 0 atom stereocenters. The molecule has 0 unspecified atom stereocenters. The van der Waals surface area contributed by atoms with Gasteiger partial charge in [0.2, 0.25) is 0 Å². The van der Waals surface area contributed by atoms with Crippen LogP contribution in [-0.2, 0) is 0 Å². The standard InChI is InChI=1S/C16H19Br2S2Si/c1-2-3-4-5-6-7-8-21-11-9-13(17)19-15(11)16-12(21)10-14(18)20-16/h9-10H,2-8H2,1H3/q+1. The number of hydrogen-bond donors (Lipinski definition) is 0. The summed E-state index contributed by atoms with van der Waals surface area (Å²) < 4.78 is 2.60. The van der Waals surface area contributed by atoms with Gasteiger partial charge in [0, 0.05) is 0 Å². The van der Waals surface area contributed by atoms with E-state index in [1.54, 1.807) is 20.1 Å². The molecule has 1 aliphatic heterocycles. The fraction of sp³-hybridized carbons (Fsp3) is 0.500. The summed E-state index contributed by atoms with van der Waals surface area (Å²) in [7, 11) is -0.516. The van der Waals surface area contributed by atoms with Gasteiger partial charge in [-0.1, -0.05) is 39.0 Å². The van der Waals surface area contributed by atoms with E-state index >= 15 is 0 Å². The Kier molecular flexibility index (Phi) is 5.82. The molecule has 0 aromatic carbocycles. The lowest BCUT2D eigenvalue weighted by atomic mass is 10.1. The van der Waals surface area contributed by atoms with E-state index in [-0.39, 0.29) is 0 Å². The largest absolute Gasteiger partial charge is 0.393 e. The molecule has 2 aromatic heterocycles. The predicted molar refractivity (Wildman–Crippen MR) is 106 cm³/mol. The van der Waals surface area contributed by atoms with Gasteiger partial charge in [0.15, 0.2) is 0 Å². The second-order valence-corrected chi connectivity index (χ2v) is 13.0. The average Bonchev–Trinajstić information content (AvgIpc) is 3.06. The maximum atomic E-state index is 3.68. The summed E-state index contributed by atoms with van der Waals surface area (Å²) in [5.41, 5.74) is 0. The zero-order chi connectivity index (χ0) is 14.8. The molecule has 0 amide bonds. The summed E-state index contributed by atoms with van der Waals surface area (Å²) >= 11 is 11.2. The molecule has 3 rings (SSSR count). The third-order valence-corrected chi connectivity index (χ3v) is 10.8. The summed E-state index contributed by atoms with van der Waals surface area (Å²) in [5, 5.41) is 3.33. The zero-order valence-electron chi connectivity index (χ0n) is 12.2. The van der Waals surface area contributed by atoms with E-state index in [1.807, 2.05) is 22.7 Å². The molecule has 0 aliphatic carbocycles. The third kappa shape index (κ3) is 3.57. The SMILES string of the molecule is CCCCCCCC[Si+]1c2cc(Br)sc2-c2sc(Br)cc21. The highest BCUT2D eigenvalue weighted by molar-refractivity contribution is 9.11. The first-order valence-electron chi connectivity index (χ1n) is 7.66. The van der Waals surface area contributed by atoms with Crippen molar-refractivity contribution in [3.63, 3.8) is 0 Å². The Hall–Kier alpha value is 0.577. The summed E-state index contributed by atoms with van der Waals surface area (Å²) in [6, 6.07) is 6.20. The Morgan fingerprint density at radius 1 is 0.857 bits per heavy atom. The Balaban J connectivity index is 1.67. The van der Waals surface area contributed by atoms with Gasteiger partial charge in [0.25, 0.3) is 0 Å². The fourth-order valence-corrected chi connectivity index (χ4v) is 10.9. The Morgan fingerprint density at radius 2 is 1.38 bits per heavy atom. The molecule has 0 bridgehead atoms. The number of unbranched alkanes of at least 4 members (excludes halogenated alkanes) is 5. The highest BCUT2D eigenvalue weighted by Gasteiger charge is 2.46. The molecule has 0 nitrogen and oxygen atoms in total. The number of fused-ring (bicyclic) bond motifs is 3. The van der Waals surface area contributed by atoms with Crippen molar-refractivity contribution in [2.75, 3.05) is 0 Å². The second-order valence-electron chi connectivity index (χ2n) is 5.58. The first-order chi connectivity index (χ1) is 10.2. The van der Waals surface area contributed by atoms with Crippen molar-refractivity contribution in [3.8, 4) is 9.75 Å². The first-order valence-corrected chi connectivity index (χ1v) is 12.6. The highest BCUT2D eigenvalue weighted by atomic mass is 79.9. The van der Waals surface area contributed by atoms with Crippen LogP contribution in [0.3, 0.4) is 0 Å². The minimum Gasteiger partial charge on any atom is -0.124 e. The lowest BCUT2D eigenvalue weighted by molar-refractivity contribution is 0.624. The van der Waals surface area contributed by atoms with E-state index in [1.165, 1.54) is 52.1 Å². The number of halogens is 2. The minimum absolute atomic E-state index is 0.516. The first kappa shape index (κ1) is 16.4. The van der Waals surface area contributed by atoms with Gasteiger partial charge in [0.05, 0.1) is 23.4 Å². The van der Waals surface area contributed by atoms with Gasteiger partial charge in [-0.25, -0.2) is 0 Å². The Labute approximate surface area is 153 Å². The van der Waals surface area contributed by atoms with Crippen molar-refractivity contribution < 1.29 is 0 Å². The number of hydrogen-bond acceptors (Lipinski definition) is 2. The van der Waals surface area contributed by atoms with Gasteiger partial charge in [-0.3, -0.25) is 0 Å². The van der Waals surface area contributed by atoms with E-state index < -0.39 is 8.80 Å². The van der Waals surface area contributed by atoms with Crippen molar-refractivity contribution in [2.24, 2.45) is 0 Å². The zero-order valence-corrected chi connectivity index (χ0v) is 18.0. The van der Waals surface area contributed by atoms with Gasteiger partial charge < -0.3 is 0 Å². The lowest BCUT2D eigenvalue weighted by Gasteiger charge is -1.99. The van der Waals surface area contributed by atoms with Crippen molar-refractivity contribution >= 4 is 73.7 Å². The Bertz CT molecular complexity index is 572. The maximum Gasteiger partial charge on any atom is 0.393 e. The predicted octanol–water partition coefficient (Wildman–Crippen LogP) is 6.28. The molecule has 0 saturated carbocycles. The van der Waals surface area contributed by atoms with Crippen LogP contribution in [0, 0.1) is 0 Å². The van der Waals surface area contributed by atoms with Gasteiger partial charge in [-0.05, 0) is 50.4 Å². The van der Waals surface area contributed by atoms with Gasteiger partial charge >= 0.3 is 8.80 Å². The van der Waals surface area contributed by atoms with E-state index in [2.05, 4.69) is 50.9 Å². The van der Waals surface area contributed by atoms with Crippen LogP contribution in [-0.4, -0.2) is 8.80 Å². The molecule has 1 aliphatic rings. The maximum absolute atomic E-state index is 3.68. The molecule has 0 spiro atoms. The van der Waals surface area contributed by atoms with Crippen molar-refractivity contribution in [3.05, 3.63) is 19.7 Å². The normalized spacial score (nSPS) is 12.8. The topological polar surface area (TPSA) is 0 Å². The molecule has 5 heteroatoms. The van der Waals surface area contributed by atoms with Crippen LogP contribution >= 0.6 is 54.5 Å². The van der Waals surface area contributed by atoms with Crippen LogP contribution in [0.4, 0.5) is 0 Å². The lowest BCUT2D eigenvalue weighted by Crippen LogP contribution is -2.36. The second kappa shape index (κ2) is 7.43. The quantitative estimate of drug-likeness (QED) is 0.335. The van der Waals surface area contributed by atoms with Crippen LogP contribution in [0.25, 0.3) is 9.75 Å². The molecule has 0 radical (unpaired) electrons. The van der Waals surface area contributed by atoms with Crippen LogP contribution in [0.15, 0.2) is 19.7 Å². The highest BCUT2D eigenvalue weighted by Crippen LogP contribution is 2.40. The van der Waals surface area contributed by atoms with Gasteiger partial charge in [-0.2, -0.15) is 0 Å². The molecule has 3 heterocycles. The molecular formula is C16H19Br2S2Si+. The van der Waals surface area contributed by atoms with Crippen molar-refractivity contribution in [2.45, 2.75) is 51.5 Å². The molecule has 112 valence electrons. The monoisotopic (exact) mass is 461 g/mol. The molecule has 0 fully saturated rings.